The average molecular weight is 378 g/mol. The Morgan fingerprint density at radius 1 is 1.06 bits per heavy atom. The maximum absolute atomic E-state index is 11.6. The van der Waals surface area contributed by atoms with Gasteiger partial charge in [-0.05, 0) is 50.1 Å². The Morgan fingerprint density at radius 3 is 1.83 bits per heavy atom. The molecule has 0 aliphatic heterocycles. The van der Waals surface area contributed by atoms with Crippen molar-refractivity contribution >= 4 is 49.9 Å². The van der Waals surface area contributed by atoms with Crippen molar-refractivity contribution < 1.29 is 19.1 Å². The fourth-order valence-electron chi connectivity index (χ4n) is 1.41. The zero-order chi connectivity index (χ0) is 13.7. The van der Waals surface area contributed by atoms with Gasteiger partial charge in [-0.15, -0.1) is 0 Å². The highest BCUT2D eigenvalue weighted by molar-refractivity contribution is 9.28. The summed E-state index contributed by atoms with van der Waals surface area (Å²) in [6.45, 7) is 0. The van der Waals surface area contributed by atoms with Crippen LogP contribution < -0.4 is 0 Å². The van der Waals surface area contributed by atoms with E-state index >= 15 is 0 Å². The molecule has 1 aromatic carbocycles. The summed E-state index contributed by atoms with van der Waals surface area (Å²) in [6.07, 6.45) is 1.60. The average Bonchev–Trinajstić information content (AvgIpc) is 2.36. The highest BCUT2D eigenvalue weighted by Crippen LogP contribution is 2.24. The van der Waals surface area contributed by atoms with Crippen LogP contribution in [0, 0.1) is 0 Å². The summed E-state index contributed by atoms with van der Waals surface area (Å²) in [4.78, 5) is 23.3. The lowest BCUT2D eigenvalue weighted by molar-refractivity contribution is 0.0599. The van der Waals surface area contributed by atoms with Gasteiger partial charge in [0.2, 0.25) is 0 Å². The van der Waals surface area contributed by atoms with Gasteiger partial charge in [0.05, 0.1) is 28.7 Å². The summed E-state index contributed by atoms with van der Waals surface area (Å²) in [6, 6.07) is 4.75. The number of rotatable bonds is 3. The molecular weight excluding hydrogens is 368 g/mol. The molecule has 18 heavy (non-hydrogen) atoms. The predicted octanol–water partition coefficient (Wildman–Crippen LogP) is 3.35. The smallest absolute Gasteiger partial charge is 0.338 e. The van der Waals surface area contributed by atoms with E-state index in [2.05, 4.69) is 41.3 Å². The Balaban J connectivity index is 3.49. The van der Waals surface area contributed by atoms with Crippen LogP contribution in [0.3, 0.4) is 0 Å². The number of esters is 2. The second-order valence-corrected chi connectivity index (χ2v) is 5.96. The van der Waals surface area contributed by atoms with E-state index in [1.165, 1.54) is 14.2 Å². The van der Waals surface area contributed by atoms with Gasteiger partial charge in [-0.1, -0.05) is 6.07 Å². The lowest BCUT2D eigenvalue weighted by atomic mass is 10.0. The number of methoxy groups -OCH3 is 2. The van der Waals surface area contributed by atoms with Gasteiger partial charge < -0.3 is 9.47 Å². The van der Waals surface area contributed by atoms with Crippen molar-refractivity contribution in [3.05, 3.63) is 38.3 Å². The molecule has 0 atom stereocenters. The lowest BCUT2D eigenvalue weighted by Gasteiger charge is -2.09. The van der Waals surface area contributed by atoms with Crippen molar-refractivity contribution in [1.29, 1.82) is 0 Å². The summed E-state index contributed by atoms with van der Waals surface area (Å²) in [5, 5.41) is 0. The normalized spacial score (nSPS) is 9.56. The molecule has 0 aliphatic rings. The second kappa shape index (κ2) is 6.70. The molecule has 0 N–H and O–H groups in total. The third-order valence-corrected chi connectivity index (χ3v) is 2.63. The van der Waals surface area contributed by atoms with E-state index in [-0.39, 0.29) is 11.1 Å². The van der Waals surface area contributed by atoms with E-state index < -0.39 is 11.9 Å². The number of ether oxygens (including phenoxy) is 2. The van der Waals surface area contributed by atoms with Gasteiger partial charge in [-0.3, -0.25) is 0 Å². The van der Waals surface area contributed by atoms with Crippen molar-refractivity contribution in [2.45, 2.75) is 0 Å². The van der Waals surface area contributed by atoms with Crippen molar-refractivity contribution in [3.63, 3.8) is 0 Å². The molecule has 1 aromatic rings. The molecule has 0 bridgehead atoms. The molecular formula is C12H10Br2O4. The molecule has 4 nitrogen and oxygen atoms in total. The molecule has 1 rings (SSSR count). The monoisotopic (exact) mass is 376 g/mol. The number of hydrogen-bond donors (Lipinski definition) is 0. The molecule has 0 radical (unpaired) electrons. The Hall–Kier alpha value is -1.14. The SMILES string of the molecule is COC(=O)c1cccc(C(=O)OC)c1C=C(Br)Br. The predicted molar refractivity (Wildman–Crippen MR) is 75.0 cm³/mol. The number of hydrogen-bond acceptors (Lipinski definition) is 4. The Kier molecular flexibility index (Phi) is 5.55. The van der Waals surface area contributed by atoms with Gasteiger partial charge in [-0.25, -0.2) is 9.59 Å². The molecule has 96 valence electrons. The minimum Gasteiger partial charge on any atom is -0.465 e. The fourth-order valence-corrected chi connectivity index (χ4v) is 1.86. The largest absolute Gasteiger partial charge is 0.465 e. The zero-order valence-corrected chi connectivity index (χ0v) is 12.9. The van der Waals surface area contributed by atoms with E-state index in [0.29, 0.717) is 8.96 Å². The molecule has 0 saturated carbocycles. The molecule has 0 saturated heterocycles. The first-order chi connectivity index (χ1) is 8.51. The third-order valence-electron chi connectivity index (χ3n) is 2.17. The van der Waals surface area contributed by atoms with Crippen LogP contribution in [0.5, 0.6) is 0 Å². The minimum atomic E-state index is -0.520. The summed E-state index contributed by atoms with van der Waals surface area (Å²) < 4.78 is 9.95. The van der Waals surface area contributed by atoms with Crippen LogP contribution in [0.4, 0.5) is 0 Å². The van der Waals surface area contributed by atoms with Crippen LogP contribution in [0.1, 0.15) is 26.3 Å². The van der Waals surface area contributed by atoms with E-state index in [1.54, 1.807) is 24.3 Å². The van der Waals surface area contributed by atoms with Crippen molar-refractivity contribution in [2.75, 3.05) is 14.2 Å². The second-order valence-electron chi connectivity index (χ2n) is 3.18. The standard InChI is InChI=1S/C12H10Br2O4/c1-17-11(15)7-4-3-5-8(12(16)18-2)9(7)6-10(13)14/h3-6H,1-2H3. The highest BCUT2D eigenvalue weighted by atomic mass is 79.9. The fraction of sp³-hybridized carbons (Fsp3) is 0.167. The van der Waals surface area contributed by atoms with Crippen LogP contribution in [0.2, 0.25) is 0 Å². The molecule has 0 heterocycles. The molecule has 0 spiro atoms. The van der Waals surface area contributed by atoms with Gasteiger partial charge in [0, 0.05) is 5.56 Å². The first kappa shape index (κ1) is 14.9. The van der Waals surface area contributed by atoms with Crippen LogP contribution in [-0.4, -0.2) is 26.2 Å². The van der Waals surface area contributed by atoms with Gasteiger partial charge >= 0.3 is 11.9 Å². The molecule has 0 aliphatic carbocycles. The quantitative estimate of drug-likeness (QED) is 0.758. The summed E-state index contributed by atoms with van der Waals surface area (Å²) in [7, 11) is 2.56. The highest BCUT2D eigenvalue weighted by Gasteiger charge is 2.18. The Morgan fingerprint density at radius 2 is 1.50 bits per heavy atom. The van der Waals surface area contributed by atoms with Crippen LogP contribution in [0.15, 0.2) is 21.6 Å². The van der Waals surface area contributed by atoms with Gasteiger partial charge in [0.15, 0.2) is 0 Å². The van der Waals surface area contributed by atoms with Crippen molar-refractivity contribution in [1.82, 2.24) is 0 Å². The van der Waals surface area contributed by atoms with E-state index in [9.17, 15) is 9.59 Å². The number of carbonyl (C=O) groups excluding carboxylic acids is 2. The Bertz CT molecular complexity index is 471. The maximum Gasteiger partial charge on any atom is 0.338 e. The third kappa shape index (κ3) is 3.43. The first-order valence-electron chi connectivity index (χ1n) is 4.83. The summed E-state index contributed by atoms with van der Waals surface area (Å²) in [5.41, 5.74) is 1.01. The van der Waals surface area contributed by atoms with Crippen molar-refractivity contribution in [2.24, 2.45) is 0 Å². The number of halogens is 2. The topological polar surface area (TPSA) is 52.6 Å². The number of benzene rings is 1. The molecule has 0 fully saturated rings. The Labute approximate surface area is 121 Å². The van der Waals surface area contributed by atoms with Crippen LogP contribution in [0.25, 0.3) is 6.08 Å². The molecule has 6 heteroatoms. The van der Waals surface area contributed by atoms with E-state index in [4.69, 9.17) is 0 Å². The van der Waals surface area contributed by atoms with Crippen LogP contribution in [-0.2, 0) is 9.47 Å². The molecule has 0 aromatic heterocycles. The molecule has 0 unspecified atom stereocenters. The van der Waals surface area contributed by atoms with Gasteiger partial charge in [0.25, 0.3) is 0 Å². The van der Waals surface area contributed by atoms with E-state index in [1.807, 2.05) is 0 Å². The van der Waals surface area contributed by atoms with E-state index in [0.717, 1.165) is 0 Å². The minimum absolute atomic E-state index is 0.289. The number of carbonyl (C=O) groups is 2. The van der Waals surface area contributed by atoms with Gasteiger partial charge in [-0.2, -0.15) is 0 Å². The summed E-state index contributed by atoms with van der Waals surface area (Å²) in [5.74, 6) is -1.04. The van der Waals surface area contributed by atoms with Gasteiger partial charge in [0.1, 0.15) is 0 Å². The lowest BCUT2D eigenvalue weighted by Crippen LogP contribution is -2.10. The molecule has 0 amide bonds. The van der Waals surface area contributed by atoms with Crippen molar-refractivity contribution in [3.8, 4) is 0 Å². The zero-order valence-electron chi connectivity index (χ0n) is 9.70. The summed E-state index contributed by atoms with van der Waals surface area (Å²) >= 11 is 6.39. The maximum atomic E-state index is 11.6. The first-order valence-corrected chi connectivity index (χ1v) is 6.42. The van der Waals surface area contributed by atoms with Crippen LogP contribution >= 0.6 is 31.9 Å².